The van der Waals surface area contributed by atoms with Gasteiger partial charge in [0, 0.05) is 25.6 Å². The summed E-state index contributed by atoms with van der Waals surface area (Å²) in [7, 11) is 5.30. The fourth-order valence-electron chi connectivity index (χ4n) is 2.29. The molecule has 22 heavy (non-hydrogen) atoms. The minimum absolute atomic E-state index is 0.239. The SMILES string of the molecule is CN(C)[C@H](C(=O)NCCc1ncnn1C)c1ccccc1F. The van der Waals surface area contributed by atoms with Crippen molar-refractivity contribution in [2.45, 2.75) is 12.5 Å². The second-order valence-electron chi connectivity index (χ2n) is 5.23. The Bertz CT molecular complexity index is 640. The highest BCUT2D eigenvalue weighted by Crippen LogP contribution is 2.21. The maximum atomic E-state index is 13.9. The van der Waals surface area contributed by atoms with Gasteiger partial charge in [-0.3, -0.25) is 14.4 Å². The van der Waals surface area contributed by atoms with Crippen molar-refractivity contribution in [1.82, 2.24) is 25.0 Å². The highest BCUT2D eigenvalue weighted by atomic mass is 19.1. The lowest BCUT2D eigenvalue weighted by Crippen LogP contribution is -2.38. The molecule has 1 aromatic carbocycles. The molecule has 0 aliphatic rings. The van der Waals surface area contributed by atoms with Gasteiger partial charge in [-0.05, 0) is 20.2 Å². The van der Waals surface area contributed by atoms with Crippen molar-refractivity contribution in [2.24, 2.45) is 7.05 Å². The first-order valence-corrected chi connectivity index (χ1v) is 7.02. The molecule has 0 bridgehead atoms. The number of hydrogen-bond acceptors (Lipinski definition) is 4. The molecule has 2 rings (SSSR count). The lowest BCUT2D eigenvalue weighted by Gasteiger charge is -2.24. The minimum atomic E-state index is -0.666. The van der Waals surface area contributed by atoms with Crippen LogP contribution in [-0.4, -0.2) is 46.2 Å². The molecule has 0 saturated carbocycles. The van der Waals surface area contributed by atoms with E-state index in [1.54, 1.807) is 48.9 Å². The van der Waals surface area contributed by atoms with Gasteiger partial charge in [-0.25, -0.2) is 9.37 Å². The first kappa shape index (κ1) is 16.1. The van der Waals surface area contributed by atoms with Gasteiger partial charge in [0.15, 0.2) is 0 Å². The monoisotopic (exact) mass is 305 g/mol. The molecular weight excluding hydrogens is 285 g/mol. The summed E-state index contributed by atoms with van der Waals surface area (Å²) >= 11 is 0. The largest absolute Gasteiger partial charge is 0.354 e. The summed E-state index contributed by atoms with van der Waals surface area (Å²) in [6.07, 6.45) is 2.04. The number of halogens is 1. The van der Waals surface area contributed by atoms with Crippen LogP contribution in [0.1, 0.15) is 17.4 Å². The predicted octanol–water partition coefficient (Wildman–Crippen LogP) is 0.916. The Morgan fingerprint density at radius 3 is 2.73 bits per heavy atom. The molecule has 1 atom stereocenters. The van der Waals surface area contributed by atoms with Crippen LogP contribution < -0.4 is 5.32 Å². The Labute approximate surface area is 129 Å². The van der Waals surface area contributed by atoms with Crippen LogP contribution in [0.25, 0.3) is 0 Å². The van der Waals surface area contributed by atoms with Gasteiger partial charge < -0.3 is 5.32 Å². The number of carbonyl (C=O) groups excluding carboxylic acids is 1. The molecule has 0 saturated heterocycles. The van der Waals surface area contributed by atoms with Crippen LogP contribution >= 0.6 is 0 Å². The molecule has 6 nitrogen and oxygen atoms in total. The summed E-state index contributed by atoms with van der Waals surface area (Å²) in [5.74, 6) is 0.162. The zero-order valence-electron chi connectivity index (χ0n) is 13.0. The van der Waals surface area contributed by atoms with Crippen LogP contribution in [0.4, 0.5) is 4.39 Å². The molecule has 118 valence electrons. The molecule has 1 heterocycles. The molecule has 0 aliphatic heterocycles. The van der Waals surface area contributed by atoms with Gasteiger partial charge in [0.05, 0.1) is 0 Å². The maximum Gasteiger partial charge on any atom is 0.242 e. The van der Waals surface area contributed by atoms with Crippen molar-refractivity contribution in [3.63, 3.8) is 0 Å². The molecule has 0 aliphatic carbocycles. The topological polar surface area (TPSA) is 63.1 Å². The summed E-state index contributed by atoms with van der Waals surface area (Å²) in [4.78, 5) is 18.2. The number of carbonyl (C=O) groups is 1. The molecular formula is C15H20FN5O. The van der Waals surface area contributed by atoms with Crippen molar-refractivity contribution in [1.29, 1.82) is 0 Å². The number of likely N-dealkylation sites (N-methyl/N-ethyl adjacent to an activating group) is 1. The van der Waals surface area contributed by atoms with E-state index in [1.807, 2.05) is 0 Å². The lowest BCUT2D eigenvalue weighted by molar-refractivity contribution is -0.125. The van der Waals surface area contributed by atoms with Gasteiger partial charge >= 0.3 is 0 Å². The van der Waals surface area contributed by atoms with Crippen molar-refractivity contribution in [2.75, 3.05) is 20.6 Å². The smallest absolute Gasteiger partial charge is 0.242 e. The Hall–Kier alpha value is -2.28. The van der Waals surface area contributed by atoms with Crippen molar-refractivity contribution >= 4 is 5.91 Å². The van der Waals surface area contributed by atoms with E-state index in [2.05, 4.69) is 15.4 Å². The molecule has 2 aromatic rings. The van der Waals surface area contributed by atoms with E-state index < -0.39 is 6.04 Å². The van der Waals surface area contributed by atoms with Gasteiger partial charge in [-0.2, -0.15) is 5.10 Å². The van der Waals surface area contributed by atoms with E-state index in [9.17, 15) is 9.18 Å². The zero-order valence-corrected chi connectivity index (χ0v) is 13.0. The standard InChI is InChI=1S/C15H20FN5O/c1-20(2)14(11-6-4-5-7-12(11)16)15(22)17-9-8-13-18-10-19-21(13)3/h4-7,10,14H,8-9H2,1-3H3,(H,17,22)/t14-/m0/s1. The molecule has 1 N–H and O–H groups in total. The zero-order chi connectivity index (χ0) is 16.1. The molecule has 7 heteroatoms. The Morgan fingerprint density at radius 1 is 1.41 bits per heavy atom. The van der Waals surface area contributed by atoms with Crippen LogP contribution in [0.15, 0.2) is 30.6 Å². The number of nitrogens with one attached hydrogen (secondary N) is 1. The van der Waals surface area contributed by atoms with Crippen molar-refractivity contribution in [3.8, 4) is 0 Å². The van der Waals surface area contributed by atoms with Crippen LogP contribution in [0.2, 0.25) is 0 Å². The van der Waals surface area contributed by atoms with Crippen LogP contribution in [0.3, 0.4) is 0 Å². The fraction of sp³-hybridized carbons (Fsp3) is 0.400. The molecule has 1 aromatic heterocycles. The van der Waals surface area contributed by atoms with E-state index in [-0.39, 0.29) is 11.7 Å². The van der Waals surface area contributed by atoms with E-state index >= 15 is 0 Å². The Morgan fingerprint density at radius 2 is 2.14 bits per heavy atom. The number of aryl methyl sites for hydroxylation is 1. The van der Waals surface area contributed by atoms with Gasteiger partial charge in [0.1, 0.15) is 24.0 Å². The highest BCUT2D eigenvalue weighted by molar-refractivity contribution is 5.83. The normalized spacial score (nSPS) is 12.4. The number of hydrogen-bond donors (Lipinski definition) is 1. The quantitative estimate of drug-likeness (QED) is 0.862. The second kappa shape index (κ2) is 7.13. The number of amides is 1. The van der Waals surface area contributed by atoms with Crippen molar-refractivity contribution in [3.05, 3.63) is 47.8 Å². The molecule has 0 fully saturated rings. The van der Waals surface area contributed by atoms with Crippen LogP contribution in [-0.2, 0) is 18.3 Å². The maximum absolute atomic E-state index is 13.9. The first-order valence-electron chi connectivity index (χ1n) is 7.02. The highest BCUT2D eigenvalue weighted by Gasteiger charge is 2.25. The van der Waals surface area contributed by atoms with E-state index in [0.29, 0.717) is 18.5 Å². The first-order chi connectivity index (χ1) is 10.5. The molecule has 1 amide bonds. The third kappa shape index (κ3) is 3.67. The minimum Gasteiger partial charge on any atom is -0.354 e. The van der Waals surface area contributed by atoms with E-state index in [0.717, 1.165) is 5.82 Å². The summed E-state index contributed by atoms with van der Waals surface area (Å²) in [6, 6.07) is 5.65. The van der Waals surface area contributed by atoms with Gasteiger partial charge in [-0.1, -0.05) is 18.2 Å². The lowest BCUT2D eigenvalue weighted by atomic mass is 10.0. The summed E-state index contributed by atoms with van der Waals surface area (Å²) in [5.41, 5.74) is 0.364. The molecule has 0 spiro atoms. The summed E-state index contributed by atoms with van der Waals surface area (Å²) in [6.45, 7) is 0.421. The van der Waals surface area contributed by atoms with Gasteiger partial charge in [0.2, 0.25) is 5.91 Å². The third-order valence-corrected chi connectivity index (χ3v) is 3.42. The van der Waals surface area contributed by atoms with Gasteiger partial charge in [-0.15, -0.1) is 0 Å². The third-order valence-electron chi connectivity index (χ3n) is 3.42. The Balaban J connectivity index is 2.02. The second-order valence-corrected chi connectivity index (χ2v) is 5.23. The molecule has 0 radical (unpaired) electrons. The van der Waals surface area contributed by atoms with Gasteiger partial charge in [0.25, 0.3) is 0 Å². The average Bonchev–Trinajstić information content (AvgIpc) is 2.86. The van der Waals surface area contributed by atoms with Crippen LogP contribution in [0, 0.1) is 5.82 Å². The van der Waals surface area contributed by atoms with E-state index in [4.69, 9.17) is 0 Å². The number of rotatable bonds is 6. The van der Waals surface area contributed by atoms with E-state index in [1.165, 1.54) is 12.4 Å². The summed E-state index contributed by atoms with van der Waals surface area (Å²) < 4.78 is 15.6. The average molecular weight is 305 g/mol. The number of benzene rings is 1. The summed E-state index contributed by atoms with van der Waals surface area (Å²) in [5, 5.41) is 6.80. The number of aromatic nitrogens is 3. The predicted molar refractivity (Wildman–Crippen MR) is 80.5 cm³/mol. The fourth-order valence-corrected chi connectivity index (χ4v) is 2.29. The Kier molecular flexibility index (Phi) is 5.21. The molecule has 0 unspecified atom stereocenters. The number of nitrogens with zero attached hydrogens (tertiary/aromatic N) is 4. The van der Waals surface area contributed by atoms with Crippen LogP contribution in [0.5, 0.6) is 0 Å². The van der Waals surface area contributed by atoms with Crippen molar-refractivity contribution < 1.29 is 9.18 Å².